The number of nitrogens with zero attached hydrogens (tertiary/aromatic N) is 2. The minimum Gasteiger partial charge on any atom is -0.490 e. The zero-order chi connectivity index (χ0) is 50.1. The second kappa shape index (κ2) is 40.7. The van der Waals surface area contributed by atoms with Crippen molar-refractivity contribution < 1.29 is 66.4 Å². The summed E-state index contributed by atoms with van der Waals surface area (Å²) in [6.07, 6.45) is 13.4. The van der Waals surface area contributed by atoms with Crippen LogP contribution in [0.2, 0.25) is 0 Å². The molecule has 0 N–H and O–H groups in total. The van der Waals surface area contributed by atoms with Crippen molar-refractivity contribution in [3.63, 3.8) is 0 Å². The molecule has 0 aliphatic carbocycles. The number of hydrogen-bond donors (Lipinski definition) is 0. The standard InChI is InChI=1S/C55H90N2O14/c1-3-5-7-9-11-13-24-52(54(58)56-26-32-60-36-40-64-44-45-65-41-37-61-33-27-56)70-50-22-17-15-20-48(50)68-30-19-31-69-49-21-16-18-23-51(49)71-53(25-14-12-10-8-6-4-2)55(59)57-28-34-62-38-42-66-46-47-67-43-39-63-35-29-57/h15-18,20-23,52-53H,3-14,19,24-47H2,1-2H3. The first-order chi connectivity index (χ1) is 35.1. The summed E-state index contributed by atoms with van der Waals surface area (Å²) in [5, 5.41) is 0. The van der Waals surface area contributed by atoms with Gasteiger partial charge in [-0.15, -0.1) is 0 Å². The van der Waals surface area contributed by atoms with Crippen LogP contribution < -0.4 is 18.9 Å². The highest BCUT2D eigenvalue weighted by atomic mass is 16.6. The molecule has 71 heavy (non-hydrogen) atoms. The zero-order valence-electron chi connectivity index (χ0n) is 43.5. The Bertz CT molecular complexity index is 1470. The van der Waals surface area contributed by atoms with E-state index in [-0.39, 0.29) is 11.8 Å². The molecule has 2 unspecified atom stereocenters. The monoisotopic (exact) mass is 1000 g/mol. The molecule has 4 rings (SSSR count). The summed E-state index contributed by atoms with van der Waals surface area (Å²) in [6.45, 7) is 13.9. The van der Waals surface area contributed by atoms with Gasteiger partial charge in [-0.2, -0.15) is 0 Å². The Kier molecular flexibility index (Phi) is 34.3. The van der Waals surface area contributed by atoms with Gasteiger partial charge in [0.2, 0.25) is 0 Å². The Morgan fingerprint density at radius 3 is 1.00 bits per heavy atom. The van der Waals surface area contributed by atoms with Crippen molar-refractivity contribution in [2.45, 2.75) is 122 Å². The van der Waals surface area contributed by atoms with E-state index < -0.39 is 12.2 Å². The maximum absolute atomic E-state index is 14.4. The largest absolute Gasteiger partial charge is 0.490 e. The number of benzene rings is 2. The van der Waals surface area contributed by atoms with E-state index in [1.54, 1.807) is 9.80 Å². The Morgan fingerprint density at radius 2 is 0.676 bits per heavy atom. The first-order valence-corrected chi connectivity index (χ1v) is 27.1. The number of carbonyl (C=O) groups excluding carboxylic acids is 2. The van der Waals surface area contributed by atoms with E-state index in [0.29, 0.717) is 187 Å². The van der Waals surface area contributed by atoms with Crippen LogP contribution in [0.5, 0.6) is 23.0 Å². The maximum Gasteiger partial charge on any atom is 0.263 e. The van der Waals surface area contributed by atoms with Gasteiger partial charge < -0.3 is 66.6 Å². The van der Waals surface area contributed by atoms with Crippen LogP contribution in [0.1, 0.15) is 110 Å². The average Bonchev–Trinajstić information content (AvgIpc) is 3.41. The van der Waals surface area contributed by atoms with Crippen LogP contribution in [0.25, 0.3) is 0 Å². The lowest BCUT2D eigenvalue weighted by Crippen LogP contribution is -2.45. The lowest BCUT2D eigenvalue weighted by molar-refractivity contribution is -0.141. The van der Waals surface area contributed by atoms with E-state index in [1.807, 2.05) is 48.5 Å². The minimum atomic E-state index is -0.714. The first-order valence-electron chi connectivity index (χ1n) is 27.1. The number of carbonyl (C=O) groups is 2. The Labute approximate surface area is 425 Å². The van der Waals surface area contributed by atoms with Gasteiger partial charge >= 0.3 is 0 Å². The number of amides is 2. The van der Waals surface area contributed by atoms with Crippen molar-refractivity contribution in [1.82, 2.24) is 9.80 Å². The third-order valence-electron chi connectivity index (χ3n) is 12.1. The molecule has 2 aromatic carbocycles. The molecular formula is C55H90N2O14. The summed E-state index contributed by atoms with van der Waals surface area (Å²) in [5.41, 5.74) is 0. The molecule has 0 radical (unpaired) electrons. The highest BCUT2D eigenvalue weighted by Gasteiger charge is 2.29. The Balaban J connectivity index is 1.38. The van der Waals surface area contributed by atoms with Crippen LogP contribution in [-0.2, 0) is 47.5 Å². The second-order valence-corrected chi connectivity index (χ2v) is 17.8. The van der Waals surface area contributed by atoms with E-state index in [2.05, 4.69) is 13.8 Å². The number of rotatable bonds is 26. The van der Waals surface area contributed by atoms with Crippen LogP contribution >= 0.6 is 0 Å². The smallest absolute Gasteiger partial charge is 0.263 e. The Hall–Kier alpha value is -3.74. The number of para-hydroxylation sites is 4. The molecule has 2 atom stereocenters. The van der Waals surface area contributed by atoms with Gasteiger partial charge in [-0.3, -0.25) is 9.59 Å². The number of hydrogen-bond acceptors (Lipinski definition) is 14. The molecule has 2 aliphatic rings. The van der Waals surface area contributed by atoms with Crippen molar-refractivity contribution in [3.8, 4) is 23.0 Å². The molecule has 2 aromatic rings. The molecule has 2 fully saturated rings. The van der Waals surface area contributed by atoms with Crippen molar-refractivity contribution >= 4 is 11.8 Å². The quantitative estimate of drug-likeness (QED) is 0.0831. The molecule has 404 valence electrons. The molecule has 16 nitrogen and oxygen atoms in total. The van der Waals surface area contributed by atoms with Gasteiger partial charge in [-0.1, -0.05) is 102 Å². The lowest BCUT2D eigenvalue weighted by atomic mass is 10.1. The van der Waals surface area contributed by atoms with Gasteiger partial charge in [-0.05, 0) is 49.9 Å². The third-order valence-corrected chi connectivity index (χ3v) is 12.1. The summed E-state index contributed by atoms with van der Waals surface area (Å²) in [5.74, 6) is 1.93. The van der Waals surface area contributed by atoms with Crippen LogP contribution in [0, 0.1) is 0 Å². The lowest BCUT2D eigenvalue weighted by Gasteiger charge is -2.28. The summed E-state index contributed by atoms with van der Waals surface area (Å²) in [6, 6.07) is 15.0. The van der Waals surface area contributed by atoms with Gasteiger partial charge in [0.15, 0.2) is 35.2 Å². The molecular weight excluding hydrogens is 913 g/mol. The van der Waals surface area contributed by atoms with Crippen LogP contribution in [0.3, 0.4) is 0 Å². The Morgan fingerprint density at radius 1 is 0.394 bits per heavy atom. The van der Waals surface area contributed by atoms with Crippen LogP contribution in [-0.4, -0.2) is 179 Å². The highest BCUT2D eigenvalue weighted by Crippen LogP contribution is 2.31. The first kappa shape index (κ1) is 59.8. The van der Waals surface area contributed by atoms with Crippen molar-refractivity contribution in [2.75, 3.05) is 145 Å². The fraction of sp³-hybridized carbons (Fsp3) is 0.745. The SMILES string of the molecule is CCCCCCCCC(Oc1ccccc1OCCCOc1ccccc1OC(CCCCCCCC)C(=O)N1CCOCCOCCOCCOCC1)C(=O)N1CCOCCOCCOCCOCC1. The average molecular weight is 1000 g/mol. The summed E-state index contributed by atoms with van der Waals surface area (Å²) >= 11 is 0. The number of ether oxygens (including phenoxy) is 12. The number of unbranched alkanes of at least 4 members (excludes halogenated alkanes) is 10. The second-order valence-electron chi connectivity index (χ2n) is 17.8. The van der Waals surface area contributed by atoms with E-state index in [0.717, 1.165) is 38.5 Å². The van der Waals surface area contributed by atoms with E-state index in [9.17, 15) is 9.59 Å². The predicted molar refractivity (Wildman–Crippen MR) is 273 cm³/mol. The van der Waals surface area contributed by atoms with E-state index >= 15 is 0 Å². The molecule has 0 spiro atoms. The van der Waals surface area contributed by atoms with Gasteiger partial charge in [0.1, 0.15) is 0 Å². The van der Waals surface area contributed by atoms with Crippen LogP contribution in [0.4, 0.5) is 0 Å². The van der Waals surface area contributed by atoms with E-state index in [4.69, 9.17) is 56.8 Å². The molecule has 2 amide bonds. The normalized spacial score (nSPS) is 17.9. The maximum atomic E-state index is 14.4. The van der Waals surface area contributed by atoms with Crippen LogP contribution in [0.15, 0.2) is 48.5 Å². The summed E-state index contributed by atoms with van der Waals surface area (Å²) in [7, 11) is 0. The molecule has 2 saturated heterocycles. The molecule has 2 aliphatic heterocycles. The molecule has 2 heterocycles. The minimum absolute atomic E-state index is 0.101. The molecule has 0 saturated carbocycles. The highest BCUT2D eigenvalue weighted by molar-refractivity contribution is 5.82. The molecule has 0 bridgehead atoms. The van der Waals surface area contributed by atoms with Crippen molar-refractivity contribution in [2.24, 2.45) is 0 Å². The fourth-order valence-electron chi connectivity index (χ4n) is 8.04. The van der Waals surface area contributed by atoms with Gasteiger partial charge in [0, 0.05) is 32.6 Å². The predicted octanol–water partition coefficient (Wildman–Crippen LogP) is 8.35. The molecule has 0 aromatic heterocycles. The summed E-state index contributed by atoms with van der Waals surface area (Å²) < 4.78 is 71.6. The van der Waals surface area contributed by atoms with Gasteiger partial charge in [-0.25, -0.2) is 0 Å². The summed E-state index contributed by atoms with van der Waals surface area (Å²) in [4.78, 5) is 32.3. The molecule has 16 heteroatoms. The van der Waals surface area contributed by atoms with Gasteiger partial charge in [0.25, 0.3) is 11.8 Å². The fourth-order valence-corrected chi connectivity index (χ4v) is 8.04. The third kappa shape index (κ3) is 27.2. The zero-order valence-corrected chi connectivity index (χ0v) is 43.5. The van der Waals surface area contributed by atoms with E-state index in [1.165, 1.54) is 38.5 Å². The topological polar surface area (TPSA) is 151 Å². The van der Waals surface area contributed by atoms with Crippen molar-refractivity contribution in [3.05, 3.63) is 48.5 Å². The van der Waals surface area contributed by atoms with Crippen molar-refractivity contribution in [1.29, 1.82) is 0 Å². The van der Waals surface area contributed by atoms with Gasteiger partial charge in [0.05, 0.1) is 119 Å².